The van der Waals surface area contributed by atoms with Gasteiger partial charge in [0.25, 0.3) is 5.91 Å². The topological polar surface area (TPSA) is 98.7 Å². The van der Waals surface area contributed by atoms with Crippen LogP contribution < -0.4 is 10.6 Å². The van der Waals surface area contributed by atoms with Crippen LogP contribution in [0.4, 0.5) is 16.2 Å². The maximum atomic E-state index is 12.7. The molecule has 2 aromatic carbocycles. The molecular formula is C22H25N3O4. The lowest BCUT2D eigenvalue weighted by molar-refractivity contribution is -0.136. The summed E-state index contributed by atoms with van der Waals surface area (Å²) in [5.41, 5.74) is 3.32. The fourth-order valence-corrected chi connectivity index (χ4v) is 3.43. The second-order valence-electron chi connectivity index (χ2n) is 7.15. The van der Waals surface area contributed by atoms with Crippen LogP contribution in [0.15, 0.2) is 42.5 Å². The highest BCUT2D eigenvalue weighted by Crippen LogP contribution is 2.22. The maximum Gasteiger partial charge on any atom is 0.323 e. The minimum atomic E-state index is -0.861. The van der Waals surface area contributed by atoms with Crippen molar-refractivity contribution in [3.63, 3.8) is 0 Å². The lowest BCUT2D eigenvalue weighted by atomic mass is 10.1. The molecule has 2 aromatic rings. The van der Waals surface area contributed by atoms with E-state index in [1.165, 1.54) is 0 Å². The molecule has 3 amide bonds. The van der Waals surface area contributed by atoms with Crippen LogP contribution in [0.2, 0.25) is 0 Å². The van der Waals surface area contributed by atoms with Crippen molar-refractivity contribution in [3.8, 4) is 0 Å². The number of carbonyl (C=O) groups excluding carboxylic acids is 2. The molecule has 0 aliphatic carbocycles. The molecule has 0 atom stereocenters. The van der Waals surface area contributed by atoms with Gasteiger partial charge >= 0.3 is 12.0 Å². The van der Waals surface area contributed by atoms with E-state index in [9.17, 15) is 14.4 Å². The van der Waals surface area contributed by atoms with Gasteiger partial charge in [-0.25, -0.2) is 4.79 Å². The van der Waals surface area contributed by atoms with Gasteiger partial charge in [-0.3, -0.25) is 9.59 Å². The highest BCUT2D eigenvalue weighted by molar-refractivity contribution is 6.02. The standard InChI is InChI=1S/C22H25N3O4/c1-15-18(21(28)25-12-2-3-13-25)8-5-9-19(15)24-22(29)23-17-7-4-6-16(14-17)10-11-20(26)27/h4-9,14H,2-3,10-13H2,1H3,(H,26,27)(H2,23,24,29). The number of nitrogens with zero attached hydrogens (tertiary/aromatic N) is 1. The van der Waals surface area contributed by atoms with Gasteiger partial charge in [0.1, 0.15) is 0 Å². The first-order valence-corrected chi connectivity index (χ1v) is 9.71. The fraction of sp³-hybridized carbons (Fsp3) is 0.318. The van der Waals surface area contributed by atoms with Gasteiger partial charge in [-0.15, -0.1) is 0 Å². The number of aryl methyl sites for hydroxylation is 1. The van der Waals surface area contributed by atoms with Crippen molar-refractivity contribution in [1.29, 1.82) is 0 Å². The second-order valence-corrected chi connectivity index (χ2v) is 7.15. The lowest BCUT2D eigenvalue weighted by Crippen LogP contribution is -2.28. The zero-order valence-corrected chi connectivity index (χ0v) is 16.4. The SMILES string of the molecule is Cc1c(NC(=O)Nc2cccc(CCC(=O)O)c2)cccc1C(=O)N1CCCC1. The summed E-state index contributed by atoms with van der Waals surface area (Å²) in [6, 6.07) is 12.0. The summed E-state index contributed by atoms with van der Waals surface area (Å²) in [4.78, 5) is 37.7. The molecule has 0 unspecified atom stereocenters. The van der Waals surface area contributed by atoms with Crippen molar-refractivity contribution >= 4 is 29.3 Å². The Balaban J connectivity index is 1.66. The summed E-state index contributed by atoms with van der Waals surface area (Å²) in [5, 5.41) is 14.4. The minimum absolute atomic E-state index is 0.00445. The van der Waals surface area contributed by atoms with E-state index in [2.05, 4.69) is 10.6 Å². The monoisotopic (exact) mass is 395 g/mol. The Morgan fingerprint density at radius 2 is 1.76 bits per heavy atom. The second kappa shape index (κ2) is 9.23. The number of likely N-dealkylation sites (tertiary alicyclic amines) is 1. The lowest BCUT2D eigenvalue weighted by Gasteiger charge is -2.18. The zero-order valence-electron chi connectivity index (χ0n) is 16.4. The van der Waals surface area contributed by atoms with Crippen LogP contribution >= 0.6 is 0 Å². The molecule has 0 aromatic heterocycles. The van der Waals surface area contributed by atoms with Gasteiger partial charge in [0.15, 0.2) is 0 Å². The Hall–Kier alpha value is -3.35. The molecule has 7 heteroatoms. The molecule has 152 valence electrons. The highest BCUT2D eigenvalue weighted by atomic mass is 16.4. The molecule has 0 saturated carbocycles. The quantitative estimate of drug-likeness (QED) is 0.691. The maximum absolute atomic E-state index is 12.7. The Labute approximate surface area is 169 Å². The molecule has 1 fully saturated rings. The van der Waals surface area contributed by atoms with Crippen molar-refractivity contribution in [2.45, 2.75) is 32.6 Å². The molecule has 1 saturated heterocycles. The molecule has 0 bridgehead atoms. The Kier molecular flexibility index (Phi) is 6.49. The van der Waals surface area contributed by atoms with Crippen molar-refractivity contribution in [3.05, 3.63) is 59.2 Å². The fourth-order valence-electron chi connectivity index (χ4n) is 3.43. The van der Waals surface area contributed by atoms with Gasteiger partial charge in [-0.2, -0.15) is 0 Å². The average Bonchev–Trinajstić information content (AvgIpc) is 3.22. The van der Waals surface area contributed by atoms with E-state index in [-0.39, 0.29) is 12.3 Å². The van der Waals surface area contributed by atoms with Crippen LogP contribution in [0.5, 0.6) is 0 Å². The number of hydrogen-bond acceptors (Lipinski definition) is 3. The number of urea groups is 1. The summed E-state index contributed by atoms with van der Waals surface area (Å²) in [6.45, 7) is 3.37. The number of carboxylic acids is 1. The summed E-state index contributed by atoms with van der Waals surface area (Å²) >= 11 is 0. The van der Waals surface area contributed by atoms with E-state index in [0.717, 1.165) is 37.1 Å². The van der Waals surface area contributed by atoms with Crippen LogP contribution in [0.25, 0.3) is 0 Å². The first-order valence-electron chi connectivity index (χ1n) is 9.71. The predicted octanol–water partition coefficient (Wildman–Crippen LogP) is 3.89. The molecule has 0 spiro atoms. The molecule has 3 N–H and O–H groups in total. The summed E-state index contributed by atoms with van der Waals surface area (Å²) in [6.07, 6.45) is 2.48. The molecule has 1 heterocycles. The third kappa shape index (κ3) is 5.34. The van der Waals surface area contributed by atoms with Gasteiger partial charge < -0.3 is 20.6 Å². The van der Waals surface area contributed by atoms with Crippen LogP contribution in [0.1, 0.15) is 40.7 Å². The van der Waals surface area contributed by atoms with Crippen molar-refractivity contribution in [2.75, 3.05) is 23.7 Å². The molecule has 7 nitrogen and oxygen atoms in total. The van der Waals surface area contributed by atoms with Crippen molar-refractivity contribution < 1.29 is 19.5 Å². The van der Waals surface area contributed by atoms with Crippen LogP contribution in [0, 0.1) is 6.92 Å². The van der Waals surface area contributed by atoms with E-state index in [1.807, 2.05) is 17.9 Å². The predicted molar refractivity (Wildman–Crippen MR) is 111 cm³/mol. The Bertz CT molecular complexity index is 920. The summed E-state index contributed by atoms with van der Waals surface area (Å²) in [7, 11) is 0. The summed E-state index contributed by atoms with van der Waals surface area (Å²) in [5.74, 6) is -0.866. The Morgan fingerprint density at radius 1 is 1.03 bits per heavy atom. The number of anilines is 2. The molecule has 0 radical (unpaired) electrons. The number of amides is 3. The minimum Gasteiger partial charge on any atom is -0.481 e. The van der Waals surface area contributed by atoms with Crippen LogP contribution in [-0.2, 0) is 11.2 Å². The number of rotatable bonds is 6. The van der Waals surface area contributed by atoms with E-state index >= 15 is 0 Å². The smallest absolute Gasteiger partial charge is 0.323 e. The van der Waals surface area contributed by atoms with E-state index in [1.54, 1.807) is 36.4 Å². The molecule has 1 aliphatic heterocycles. The van der Waals surface area contributed by atoms with Gasteiger partial charge in [-0.05, 0) is 61.6 Å². The molecular weight excluding hydrogens is 370 g/mol. The number of hydrogen-bond donors (Lipinski definition) is 3. The first kappa shape index (κ1) is 20.4. The van der Waals surface area contributed by atoms with Crippen LogP contribution in [-0.4, -0.2) is 41.0 Å². The summed E-state index contributed by atoms with van der Waals surface area (Å²) < 4.78 is 0. The number of nitrogens with one attached hydrogen (secondary N) is 2. The van der Waals surface area contributed by atoms with E-state index in [4.69, 9.17) is 5.11 Å². The third-order valence-corrected chi connectivity index (χ3v) is 5.02. The number of carboxylic acid groups (broad SMARTS) is 1. The number of benzene rings is 2. The van der Waals surface area contributed by atoms with Gasteiger partial charge in [0.2, 0.25) is 0 Å². The average molecular weight is 395 g/mol. The largest absolute Gasteiger partial charge is 0.481 e. The van der Waals surface area contributed by atoms with E-state index < -0.39 is 12.0 Å². The number of aliphatic carboxylic acids is 1. The molecule has 1 aliphatic rings. The van der Waals surface area contributed by atoms with Gasteiger partial charge in [-0.1, -0.05) is 18.2 Å². The highest BCUT2D eigenvalue weighted by Gasteiger charge is 2.22. The molecule has 29 heavy (non-hydrogen) atoms. The van der Waals surface area contributed by atoms with Gasteiger partial charge in [0.05, 0.1) is 0 Å². The first-order chi connectivity index (χ1) is 13.9. The van der Waals surface area contributed by atoms with Crippen molar-refractivity contribution in [1.82, 2.24) is 4.90 Å². The molecule has 3 rings (SSSR count). The third-order valence-electron chi connectivity index (χ3n) is 5.02. The van der Waals surface area contributed by atoms with E-state index in [0.29, 0.717) is 23.4 Å². The normalized spacial score (nSPS) is 13.2. The number of carbonyl (C=O) groups is 3. The van der Waals surface area contributed by atoms with Gasteiger partial charge in [0, 0.05) is 36.4 Å². The van der Waals surface area contributed by atoms with Crippen molar-refractivity contribution in [2.24, 2.45) is 0 Å². The zero-order chi connectivity index (χ0) is 20.8. The van der Waals surface area contributed by atoms with Crippen LogP contribution in [0.3, 0.4) is 0 Å². The Morgan fingerprint density at radius 3 is 2.48 bits per heavy atom.